The van der Waals surface area contributed by atoms with E-state index in [9.17, 15) is 0 Å². The van der Waals surface area contributed by atoms with Gasteiger partial charge in [-0.15, -0.1) is 0 Å². The fraction of sp³-hybridized carbons (Fsp3) is 0.357. The Kier molecular flexibility index (Phi) is 9.18. The van der Waals surface area contributed by atoms with E-state index in [1.54, 1.807) is 6.20 Å². The van der Waals surface area contributed by atoms with Gasteiger partial charge in [-0.05, 0) is 79.9 Å². The molecule has 0 saturated carbocycles. The molecular weight excluding hydrogens is 680 g/mol. The predicted molar refractivity (Wildman–Crippen MR) is 220 cm³/mol. The molecule has 0 aliphatic carbocycles. The number of likely N-dealkylation sites (N-methyl/N-ethyl adjacent to an activating group) is 1. The van der Waals surface area contributed by atoms with Crippen molar-refractivity contribution in [2.75, 3.05) is 60.3 Å². The lowest BCUT2D eigenvalue weighted by Gasteiger charge is -2.34. The summed E-state index contributed by atoms with van der Waals surface area (Å²) < 4.78 is 2.07. The van der Waals surface area contributed by atoms with Gasteiger partial charge in [0.15, 0.2) is 5.82 Å². The molecule has 0 amide bonds. The van der Waals surface area contributed by atoms with Crippen molar-refractivity contribution >= 4 is 57.4 Å². The van der Waals surface area contributed by atoms with Gasteiger partial charge in [0.25, 0.3) is 0 Å². The summed E-state index contributed by atoms with van der Waals surface area (Å²) in [5, 5.41) is 16.8. The third-order valence-electron chi connectivity index (χ3n) is 11.7. The lowest BCUT2D eigenvalue weighted by Crippen LogP contribution is -2.41. The van der Waals surface area contributed by atoms with Gasteiger partial charge in [0.1, 0.15) is 5.02 Å². The SMILES string of the molecule is C=C(CCC1=Cc2cc(Nc3nc(N4CCC5CN(c6cccc7c(C8CCC(=C)NC8=C)nn(C)c67)CC5C4)ncc3Cl)ccc2N(C)C1=C)NC. The van der Waals surface area contributed by atoms with Crippen LogP contribution < -0.4 is 30.7 Å². The Morgan fingerprint density at radius 3 is 2.64 bits per heavy atom. The highest BCUT2D eigenvalue weighted by Crippen LogP contribution is 2.42. The highest BCUT2D eigenvalue weighted by molar-refractivity contribution is 6.32. The molecule has 3 atom stereocenters. The number of anilines is 5. The molecule has 0 radical (unpaired) electrons. The Hall–Kier alpha value is -5.22. The minimum atomic E-state index is 0.173. The van der Waals surface area contributed by atoms with Gasteiger partial charge < -0.3 is 30.7 Å². The monoisotopic (exact) mass is 728 g/mol. The van der Waals surface area contributed by atoms with Crippen molar-refractivity contribution in [3.8, 4) is 0 Å². The summed E-state index contributed by atoms with van der Waals surface area (Å²) in [5.41, 5.74) is 11.9. The molecule has 3 fully saturated rings. The van der Waals surface area contributed by atoms with Crippen molar-refractivity contribution in [2.45, 2.75) is 38.0 Å². The molecule has 11 heteroatoms. The van der Waals surface area contributed by atoms with E-state index in [4.69, 9.17) is 26.7 Å². The molecule has 0 bridgehead atoms. The minimum Gasteiger partial charge on any atom is -0.392 e. The summed E-state index contributed by atoms with van der Waals surface area (Å²) in [7, 11) is 6.04. The Morgan fingerprint density at radius 1 is 1.02 bits per heavy atom. The van der Waals surface area contributed by atoms with Gasteiger partial charge in [-0.1, -0.05) is 50.0 Å². The number of hydrogen-bond donors (Lipinski definition) is 3. The van der Waals surface area contributed by atoms with Gasteiger partial charge in [-0.3, -0.25) is 4.68 Å². The maximum Gasteiger partial charge on any atom is 0.227 e. The number of nitrogens with zero attached hydrogens (tertiary/aromatic N) is 7. The van der Waals surface area contributed by atoms with Gasteiger partial charge in [-0.25, -0.2) is 4.98 Å². The molecule has 6 heterocycles. The fourth-order valence-corrected chi connectivity index (χ4v) is 8.76. The van der Waals surface area contributed by atoms with Crippen LogP contribution in [0.3, 0.4) is 0 Å². The first-order valence-electron chi connectivity index (χ1n) is 18.6. The number of hydrogen-bond acceptors (Lipinski definition) is 9. The van der Waals surface area contributed by atoms with Crippen LogP contribution in [0.5, 0.6) is 0 Å². The quantitative estimate of drug-likeness (QED) is 0.158. The highest BCUT2D eigenvalue weighted by Gasteiger charge is 2.39. The van der Waals surface area contributed by atoms with Crippen LogP contribution in [0, 0.1) is 11.8 Å². The Bertz CT molecular complexity index is 2180. The van der Waals surface area contributed by atoms with E-state index in [1.807, 2.05) is 7.05 Å². The highest BCUT2D eigenvalue weighted by atomic mass is 35.5. The molecular formula is C42H49ClN10. The van der Waals surface area contributed by atoms with Crippen molar-refractivity contribution in [1.82, 2.24) is 30.4 Å². The first-order valence-corrected chi connectivity index (χ1v) is 19.0. The molecule has 3 N–H and O–H groups in total. The van der Waals surface area contributed by atoms with Crippen LogP contribution in [0.15, 0.2) is 97.3 Å². The molecule has 2 aromatic carbocycles. The normalized spacial score (nSPS) is 21.4. The largest absolute Gasteiger partial charge is 0.392 e. The summed E-state index contributed by atoms with van der Waals surface area (Å²) in [6.07, 6.45) is 8.65. The van der Waals surface area contributed by atoms with Gasteiger partial charge in [0, 0.05) is 98.4 Å². The number of aryl methyl sites for hydroxylation is 1. The first-order chi connectivity index (χ1) is 25.6. The number of allylic oxidation sites excluding steroid dienone is 4. The van der Waals surface area contributed by atoms with Crippen LogP contribution in [0.1, 0.15) is 49.3 Å². The number of fused-ring (bicyclic) bond motifs is 3. The summed E-state index contributed by atoms with van der Waals surface area (Å²) in [6.45, 7) is 20.7. The number of halogens is 1. The standard InChI is InChI=1S/C42H49ClN10/c1-25(44-5)11-13-29-19-31-20-33(14-16-37(31)50(6)28(29)4)47-41-36(43)21-45-42(48-41)52-18-17-30-22-53(24-32(30)23-52)38-10-8-9-35-39(49-51(7)40(35)38)34-15-12-26(2)46-27(34)3/h8-10,14,16,19-21,30,32,34,44,46H,1-4,11-13,15,17-18,22-24H2,5-7H3,(H,45,47,48). The lowest BCUT2D eigenvalue weighted by molar-refractivity contribution is 0.346. The van der Waals surface area contributed by atoms with Crippen LogP contribution in [-0.2, 0) is 7.05 Å². The third kappa shape index (κ3) is 6.54. The summed E-state index contributed by atoms with van der Waals surface area (Å²) in [5.74, 6) is 2.58. The number of aromatic nitrogens is 4. The number of rotatable bonds is 9. The van der Waals surface area contributed by atoms with Crippen LogP contribution in [0.4, 0.5) is 28.8 Å². The van der Waals surface area contributed by atoms with E-state index in [0.29, 0.717) is 28.6 Å². The zero-order valence-electron chi connectivity index (χ0n) is 31.1. The summed E-state index contributed by atoms with van der Waals surface area (Å²) in [4.78, 5) is 16.7. The molecule has 2 aromatic heterocycles. The van der Waals surface area contributed by atoms with Crippen LogP contribution in [-0.4, -0.2) is 60.0 Å². The number of benzene rings is 2. The Balaban J connectivity index is 0.979. The number of piperidine rings is 2. The van der Waals surface area contributed by atoms with Crippen LogP contribution in [0.2, 0.25) is 5.02 Å². The molecule has 3 unspecified atom stereocenters. The van der Waals surface area contributed by atoms with Gasteiger partial charge in [-0.2, -0.15) is 10.1 Å². The van der Waals surface area contributed by atoms with Crippen molar-refractivity contribution < 1.29 is 0 Å². The van der Waals surface area contributed by atoms with E-state index in [1.165, 1.54) is 22.2 Å². The van der Waals surface area contributed by atoms with Gasteiger partial charge >= 0.3 is 0 Å². The summed E-state index contributed by atoms with van der Waals surface area (Å²) in [6, 6.07) is 13.0. The topological polar surface area (TPSA) is 89.4 Å². The number of nitrogens with one attached hydrogen (secondary N) is 3. The van der Waals surface area contributed by atoms with Crippen molar-refractivity contribution in [3.63, 3.8) is 0 Å². The molecule has 0 spiro atoms. The van der Waals surface area contributed by atoms with E-state index < -0.39 is 0 Å². The fourth-order valence-electron chi connectivity index (χ4n) is 8.62. The molecule has 10 nitrogen and oxygen atoms in total. The van der Waals surface area contributed by atoms with Crippen molar-refractivity contribution in [1.29, 1.82) is 0 Å². The van der Waals surface area contributed by atoms with Crippen LogP contribution in [0.25, 0.3) is 17.0 Å². The molecule has 8 rings (SSSR count). The molecule has 4 aromatic rings. The Labute approximate surface area is 317 Å². The maximum absolute atomic E-state index is 6.70. The lowest BCUT2D eigenvalue weighted by atomic mass is 9.89. The zero-order chi connectivity index (χ0) is 37.0. The van der Waals surface area contributed by atoms with Gasteiger partial charge in [0.2, 0.25) is 5.95 Å². The molecule has 4 aliphatic heterocycles. The van der Waals surface area contributed by atoms with E-state index in [-0.39, 0.29) is 5.92 Å². The smallest absolute Gasteiger partial charge is 0.227 e. The molecule has 3 saturated heterocycles. The molecule has 4 aliphatic rings. The summed E-state index contributed by atoms with van der Waals surface area (Å²) >= 11 is 6.70. The zero-order valence-corrected chi connectivity index (χ0v) is 31.8. The molecule has 274 valence electrons. The minimum absolute atomic E-state index is 0.173. The average molecular weight is 729 g/mol. The van der Waals surface area contributed by atoms with Crippen molar-refractivity contribution in [2.24, 2.45) is 18.9 Å². The van der Waals surface area contributed by atoms with E-state index in [0.717, 1.165) is 104 Å². The first kappa shape index (κ1) is 34.8. The third-order valence-corrected chi connectivity index (χ3v) is 11.9. The average Bonchev–Trinajstić information content (AvgIpc) is 3.73. The van der Waals surface area contributed by atoms with E-state index >= 15 is 0 Å². The second kappa shape index (κ2) is 14.0. The van der Waals surface area contributed by atoms with E-state index in [2.05, 4.69) is 118 Å². The second-order valence-corrected chi connectivity index (χ2v) is 15.4. The second-order valence-electron chi connectivity index (χ2n) is 15.0. The van der Waals surface area contributed by atoms with Gasteiger partial charge in [0.05, 0.1) is 23.1 Å². The predicted octanol–water partition coefficient (Wildman–Crippen LogP) is 8.08. The number of para-hydroxylation sites is 1. The molecule has 53 heavy (non-hydrogen) atoms. The van der Waals surface area contributed by atoms with Crippen LogP contribution >= 0.6 is 11.6 Å². The maximum atomic E-state index is 6.70. The van der Waals surface area contributed by atoms with Crippen molar-refractivity contribution in [3.05, 3.63) is 114 Å². The Morgan fingerprint density at radius 2 is 1.83 bits per heavy atom.